The van der Waals surface area contributed by atoms with Crippen LogP contribution in [-0.2, 0) is 13.0 Å². The zero-order valence-corrected chi connectivity index (χ0v) is 13.2. The number of hydrogen-bond donors (Lipinski definition) is 2. The van der Waals surface area contributed by atoms with Crippen molar-refractivity contribution in [3.8, 4) is 11.4 Å². The molecule has 0 atom stereocenters. The van der Waals surface area contributed by atoms with Gasteiger partial charge < -0.3 is 10.3 Å². The summed E-state index contributed by atoms with van der Waals surface area (Å²) < 4.78 is 0. The van der Waals surface area contributed by atoms with Crippen LogP contribution in [-0.4, -0.2) is 15.5 Å². The molecule has 0 unspecified atom stereocenters. The molecular weight excluding hydrogens is 262 g/mol. The van der Waals surface area contributed by atoms with Crippen LogP contribution in [0, 0.1) is 0 Å². The number of aromatic amines is 1. The monoisotopic (exact) mass is 285 g/mol. The van der Waals surface area contributed by atoms with E-state index < -0.39 is 0 Å². The molecule has 1 aromatic heterocycles. The molecule has 0 aliphatic rings. The molecule has 4 nitrogen and oxygen atoms in total. The van der Waals surface area contributed by atoms with Gasteiger partial charge in [0.2, 0.25) is 0 Å². The number of benzene rings is 1. The van der Waals surface area contributed by atoms with Gasteiger partial charge in [-0.25, -0.2) is 4.98 Å². The Kier molecular flexibility index (Phi) is 4.58. The van der Waals surface area contributed by atoms with E-state index in [2.05, 4.69) is 55.1 Å². The largest absolute Gasteiger partial charge is 0.307 e. The molecule has 0 bridgehead atoms. The molecule has 2 N–H and O–H groups in total. The highest BCUT2D eigenvalue weighted by Crippen LogP contribution is 2.15. The molecule has 0 spiro atoms. The van der Waals surface area contributed by atoms with E-state index in [0.29, 0.717) is 12.4 Å². The van der Waals surface area contributed by atoms with E-state index in [1.165, 1.54) is 5.56 Å². The van der Waals surface area contributed by atoms with Crippen LogP contribution < -0.4 is 10.9 Å². The lowest BCUT2D eigenvalue weighted by molar-refractivity contribution is 0.421. The Morgan fingerprint density at radius 2 is 1.86 bits per heavy atom. The van der Waals surface area contributed by atoms with Crippen molar-refractivity contribution in [1.82, 2.24) is 15.3 Å². The number of aryl methyl sites for hydroxylation is 1. The Balaban J connectivity index is 2.27. The zero-order valence-electron chi connectivity index (χ0n) is 13.2. The second-order valence-electron chi connectivity index (χ2n) is 6.24. The molecule has 0 aliphatic heterocycles. The zero-order chi connectivity index (χ0) is 15.5. The van der Waals surface area contributed by atoms with Crippen LogP contribution in [0.3, 0.4) is 0 Å². The van der Waals surface area contributed by atoms with E-state index in [1.807, 2.05) is 12.1 Å². The summed E-state index contributed by atoms with van der Waals surface area (Å²) in [5.74, 6) is 0.621. The molecule has 0 radical (unpaired) electrons. The minimum atomic E-state index is -0.120. The first-order valence-electron chi connectivity index (χ1n) is 7.32. The predicted octanol–water partition coefficient (Wildman–Crippen LogP) is 2.89. The summed E-state index contributed by atoms with van der Waals surface area (Å²) in [5.41, 5.74) is 2.83. The van der Waals surface area contributed by atoms with Crippen molar-refractivity contribution in [3.05, 3.63) is 51.9 Å². The average Bonchev–Trinajstić information content (AvgIpc) is 2.44. The Morgan fingerprint density at radius 3 is 2.43 bits per heavy atom. The van der Waals surface area contributed by atoms with Gasteiger partial charge in [0.25, 0.3) is 5.56 Å². The van der Waals surface area contributed by atoms with Gasteiger partial charge in [0, 0.05) is 23.7 Å². The van der Waals surface area contributed by atoms with E-state index in [9.17, 15) is 4.79 Å². The molecule has 2 aromatic rings. The van der Waals surface area contributed by atoms with Gasteiger partial charge in [-0.15, -0.1) is 0 Å². The molecule has 112 valence electrons. The Bertz CT molecular complexity index is 651. The molecule has 1 heterocycles. The molecule has 21 heavy (non-hydrogen) atoms. The third kappa shape index (κ3) is 4.53. The maximum Gasteiger partial charge on any atom is 0.251 e. The van der Waals surface area contributed by atoms with Gasteiger partial charge in [-0.2, -0.15) is 0 Å². The topological polar surface area (TPSA) is 57.8 Å². The third-order valence-electron chi connectivity index (χ3n) is 3.23. The van der Waals surface area contributed by atoms with Gasteiger partial charge in [0.1, 0.15) is 5.82 Å². The second kappa shape index (κ2) is 6.22. The van der Waals surface area contributed by atoms with Crippen molar-refractivity contribution < 1.29 is 0 Å². The summed E-state index contributed by atoms with van der Waals surface area (Å²) in [6.07, 6.45) is 1.000. The van der Waals surface area contributed by atoms with Crippen molar-refractivity contribution in [2.75, 3.05) is 0 Å². The van der Waals surface area contributed by atoms with Gasteiger partial charge in [-0.1, -0.05) is 31.2 Å². The highest BCUT2D eigenvalue weighted by molar-refractivity contribution is 5.55. The first-order valence-corrected chi connectivity index (χ1v) is 7.32. The predicted molar refractivity (Wildman–Crippen MR) is 86.3 cm³/mol. The quantitative estimate of drug-likeness (QED) is 0.908. The number of nitrogens with one attached hydrogen (secondary N) is 2. The molecule has 0 amide bonds. The lowest BCUT2D eigenvalue weighted by Crippen LogP contribution is -2.35. The highest BCUT2D eigenvalue weighted by atomic mass is 16.1. The molecule has 1 aromatic carbocycles. The van der Waals surface area contributed by atoms with Gasteiger partial charge in [0.15, 0.2) is 0 Å². The normalized spacial score (nSPS) is 11.6. The fourth-order valence-corrected chi connectivity index (χ4v) is 1.99. The molecule has 0 fully saturated rings. The number of aromatic nitrogens is 2. The maximum atomic E-state index is 11.8. The van der Waals surface area contributed by atoms with E-state index in [4.69, 9.17) is 0 Å². The summed E-state index contributed by atoms with van der Waals surface area (Å²) >= 11 is 0. The smallest absolute Gasteiger partial charge is 0.251 e. The first kappa shape index (κ1) is 15.4. The van der Waals surface area contributed by atoms with Gasteiger partial charge >= 0.3 is 0 Å². The SMILES string of the molecule is CCc1ccc(-c2nc(CNC(C)(C)C)cc(=O)[nH]2)cc1. The molecule has 0 saturated heterocycles. The Labute approximate surface area is 125 Å². The van der Waals surface area contributed by atoms with Gasteiger partial charge in [0.05, 0.1) is 5.69 Å². The van der Waals surface area contributed by atoms with E-state index in [0.717, 1.165) is 17.7 Å². The van der Waals surface area contributed by atoms with Crippen LogP contribution in [0.4, 0.5) is 0 Å². The second-order valence-corrected chi connectivity index (χ2v) is 6.24. The highest BCUT2D eigenvalue weighted by Gasteiger charge is 2.10. The average molecular weight is 285 g/mol. The van der Waals surface area contributed by atoms with Crippen LogP contribution in [0.2, 0.25) is 0 Å². The van der Waals surface area contributed by atoms with Gasteiger partial charge in [-0.05, 0) is 32.8 Å². The number of nitrogens with zero attached hydrogens (tertiary/aromatic N) is 1. The van der Waals surface area contributed by atoms with E-state index in [1.54, 1.807) is 6.07 Å². The van der Waals surface area contributed by atoms with Crippen LogP contribution in [0.25, 0.3) is 11.4 Å². The lowest BCUT2D eigenvalue weighted by Gasteiger charge is -2.20. The Hall–Kier alpha value is -1.94. The van der Waals surface area contributed by atoms with Crippen molar-refractivity contribution in [2.45, 2.75) is 46.2 Å². The first-order chi connectivity index (χ1) is 9.87. The van der Waals surface area contributed by atoms with Crippen molar-refractivity contribution in [3.63, 3.8) is 0 Å². The van der Waals surface area contributed by atoms with Crippen LogP contribution >= 0.6 is 0 Å². The molecule has 0 aliphatic carbocycles. The third-order valence-corrected chi connectivity index (χ3v) is 3.23. The molecule has 4 heteroatoms. The van der Waals surface area contributed by atoms with Crippen LogP contribution in [0.1, 0.15) is 39.0 Å². The van der Waals surface area contributed by atoms with Crippen LogP contribution in [0.15, 0.2) is 35.1 Å². The minimum Gasteiger partial charge on any atom is -0.307 e. The fraction of sp³-hybridized carbons (Fsp3) is 0.412. The van der Waals surface area contributed by atoms with Crippen molar-refractivity contribution in [2.24, 2.45) is 0 Å². The summed E-state index contributed by atoms with van der Waals surface area (Å²) in [7, 11) is 0. The minimum absolute atomic E-state index is 0.00673. The maximum absolute atomic E-state index is 11.8. The summed E-state index contributed by atoms with van der Waals surface area (Å²) in [6.45, 7) is 8.96. The fourth-order valence-electron chi connectivity index (χ4n) is 1.99. The van der Waals surface area contributed by atoms with E-state index >= 15 is 0 Å². The van der Waals surface area contributed by atoms with Gasteiger partial charge in [-0.3, -0.25) is 4.79 Å². The number of hydrogen-bond acceptors (Lipinski definition) is 3. The standard InChI is InChI=1S/C17H23N3O/c1-5-12-6-8-13(9-7-12)16-19-14(10-15(21)20-16)11-18-17(2,3)4/h6-10,18H,5,11H2,1-4H3,(H,19,20,21). The summed E-state index contributed by atoms with van der Waals surface area (Å²) in [4.78, 5) is 19.2. The lowest BCUT2D eigenvalue weighted by atomic mass is 10.1. The Morgan fingerprint density at radius 1 is 1.19 bits per heavy atom. The number of H-pyrrole nitrogens is 1. The van der Waals surface area contributed by atoms with E-state index in [-0.39, 0.29) is 11.1 Å². The van der Waals surface area contributed by atoms with Crippen molar-refractivity contribution >= 4 is 0 Å². The van der Waals surface area contributed by atoms with Crippen LogP contribution in [0.5, 0.6) is 0 Å². The molecule has 2 rings (SSSR count). The number of rotatable bonds is 4. The summed E-state index contributed by atoms with van der Waals surface area (Å²) in [6, 6.07) is 9.67. The molecular formula is C17H23N3O. The van der Waals surface area contributed by atoms with Crippen molar-refractivity contribution in [1.29, 1.82) is 0 Å². The summed E-state index contributed by atoms with van der Waals surface area (Å²) in [5, 5.41) is 3.35. The molecule has 0 saturated carbocycles.